The number of aromatic nitrogens is 2. The van der Waals surface area contributed by atoms with Gasteiger partial charge in [0.15, 0.2) is 5.69 Å². The summed E-state index contributed by atoms with van der Waals surface area (Å²) in [5.74, 6) is 1.84. The van der Waals surface area contributed by atoms with Crippen LogP contribution in [-0.4, -0.2) is 27.1 Å². The Morgan fingerprint density at radius 3 is 2.80 bits per heavy atom. The Kier molecular flexibility index (Phi) is 3.36. The fourth-order valence-corrected chi connectivity index (χ4v) is 3.96. The minimum absolute atomic E-state index is 0.0557. The summed E-state index contributed by atoms with van der Waals surface area (Å²) in [6, 6.07) is 1.80. The first kappa shape index (κ1) is 13.3. The number of nitrogens with one attached hydrogen (secondary N) is 1. The molecular weight excluding hydrogens is 254 g/mol. The Morgan fingerprint density at radius 2 is 2.20 bits per heavy atom. The molecule has 5 heteroatoms. The van der Waals surface area contributed by atoms with Crippen LogP contribution < -0.4 is 5.32 Å². The molecular formula is C15H21N3O2. The highest BCUT2D eigenvalue weighted by atomic mass is 16.4. The summed E-state index contributed by atoms with van der Waals surface area (Å²) in [4.78, 5) is 19.4. The van der Waals surface area contributed by atoms with Gasteiger partial charge in [-0.25, -0.2) is 14.8 Å². The first-order valence-electron chi connectivity index (χ1n) is 7.38. The number of fused-ring (bicyclic) bond motifs is 2. The second-order valence-electron chi connectivity index (χ2n) is 6.30. The highest BCUT2D eigenvalue weighted by Crippen LogP contribution is 2.49. The number of rotatable bonds is 4. The van der Waals surface area contributed by atoms with E-state index in [1.54, 1.807) is 6.92 Å². The van der Waals surface area contributed by atoms with Gasteiger partial charge in [-0.15, -0.1) is 0 Å². The highest BCUT2D eigenvalue weighted by Gasteiger charge is 2.41. The third kappa shape index (κ3) is 2.49. The van der Waals surface area contributed by atoms with Crippen molar-refractivity contribution in [1.29, 1.82) is 0 Å². The number of carbonyl (C=O) groups is 1. The molecule has 3 rings (SSSR count). The van der Waals surface area contributed by atoms with E-state index in [-0.39, 0.29) is 5.69 Å². The number of anilines is 1. The van der Waals surface area contributed by atoms with Gasteiger partial charge < -0.3 is 10.4 Å². The van der Waals surface area contributed by atoms with E-state index in [2.05, 4.69) is 22.2 Å². The molecule has 2 saturated carbocycles. The molecule has 5 nitrogen and oxygen atoms in total. The van der Waals surface area contributed by atoms with Crippen molar-refractivity contribution in [2.75, 3.05) is 5.32 Å². The van der Waals surface area contributed by atoms with E-state index in [1.165, 1.54) is 31.7 Å². The molecule has 2 aliphatic rings. The van der Waals surface area contributed by atoms with E-state index in [9.17, 15) is 4.79 Å². The third-order valence-electron chi connectivity index (χ3n) is 4.87. The van der Waals surface area contributed by atoms with Gasteiger partial charge in [-0.2, -0.15) is 0 Å². The van der Waals surface area contributed by atoms with Crippen LogP contribution in [0.2, 0.25) is 0 Å². The van der Waals surface area contributed by atoms with E-state index in [0.29, 0.717) is 23.6 Å². The zero-order valence-electron chi connectivity index (χ0n) is 12.0. The quantitative estimate of drug-likeness (QED) is 0.883. The van der Waals surface area contributed by atoms with Crippen molar-refractivity contribution in [2.45, 2.75) is 45.6 Å². The second kappa shape index (κ2) is 5.04. The largest absolute Gasteiger partial charge is 0.477 e. The number of hydrogen-bond donors (Lipinski definition) is 2. The lowest BCUT2D eigenvalue weighted by Crippen LogP contribution is -2.31. The summed E-state index contributed by atoms with van der Waals surface area (Å²) in [6.45, 7) is 3.96. The topological polar surface area (TPSA) is 75.1 Å². The molecule has 1 aromatic rings. The van der Waals surface area contributed by atoms with Gasteiger partial charge in [0.1, 0.15) is 0 Å². The lowest BCUT2D eigenvalue weighted by molar-refractivity contribution is 0.0690. The standard InChI is InChI=1S/C15H21N3O2/c1-8-5-13(14(19)20)18-15(16-8)17-9(2)12-7-10-3-4-11(12)6-10/h5,9-12H,3-4,6-7H2,1-2H3,(H,19,20)(H,16,17,18). The SMILES string of the molecule is Cc1cc(C(=O)O)nc(NC(C)C2CC3CCC2C3)n1. The number of carboxylic acids is 1. The van der Waals surface area contributed by atoms with Crippen LogP contribution in [0.5, 0.6) is 0 Å². The molecule has 4 unspecified atom stereocenters. The van der Waals surface area contributed by atoms with E-state index >= 15 is 0 Å². The zero-order valence-corrected chi connectivity index (χ0v) is 12.0. The predicted molar refractivity (Wildman–Crippen MR) is 75.8 cm³/mol. The predicted octanol–water partition coefficient (Wildman–Crippen LogP) is 2.72. The maximum absolute atomic E-state index is 11.0. The third-order valence-corrected chi connectivity index (χ3v) is 4.87. The Hall–Kier alpha value is -1.65. The number of nitrogens with zero attached hydrogens (tertiary/aromatic N) is 2. The zero-order chi connectivity index (χ0) is 14.3. The minimum Gasteiger partial charge on any atom is -0.477 e. The first-order valence-corrected chi connectivity index (χ1v) is 7.38. The van der Waals surface area contributed by atoms with Crippen LogP contribution in [0.1, 0.15) is 48.8 Å². The Bertz CT molecular complexity index is 532. The summed E-state index contributed by atoms with van der Waals surface area (Å²) < 4.78 is 0. The Balaban J connectivity index is 1.72. The smallest absolute Gasteiger partial charge is 0.354 e. The molecule has 0 saturated heterocycles. The van der Waals surface area contributed by atoms with Crippen LogP contribution in [0.15, 0.2) is 6.07 Å². The molecule has 1 aromatic heterocycles. The highest BCUT2D eigenvalue weighted by molar-refractivity contribution is 5.85. The lowest BCUT2D eigenvalue weighted by Gasteiger charge is -2.28. The van der Waals surface area contributed by atoms with Crippen LogP contribution in [0.3, 0.4) is 0 Å². The number of carboxylic acid groups (broad SMARTS) is 1. The number of hydrogen-bond acceptors (Lipinski definition) is 4. The fraction of sp³-hybridized carbons (Fsp3) is 0.667. The fourth-order valence-electron chi connectivity index (χ4n) is 3.96. The van der Waals surface area contributed by atoms with E-state index in [1.807, 2.05) is 0 Å². The van der Waals surface area contributed by atoms with Crippen LogP contribution >= 0.6 is 0 Å². The van der Waals surface area contributed by atoms with Crippen molar-refractivity contribution in [3.8, 4) is 0 Å². The van der Waals surface area contributed by atoms with Crippen molar-refractivity contribution in [3.63, 3.8) is 0 Å². The van der Waals surface area contributed by atoms with Gasteiger partial charge in [-0.1, -0.05) is 6.42 Å². The number of aryl methyl sites for hydroxylation is 1. The Morgan fingerprint density at radius 1 is 1.40 bits per heavy atom. The second-order valence-corrected chi connectivity index (χ2v) is 6.30. The molecule has 0 spiro atoms. The maximum atomic E-state index is 11.0. The summed E-state index contributed by atoms with van der Waals surface area (Å²) >= 11 is 0. The van der Waals surface area contributed by atoms with E-state index in [0.717, 1.165) is 11.8 Å². The van der Waals surface area contributed by atoms with Gasteiger partial charge in [-0.05, 0) is 56.9 Å². The molecule has 2 bridgehead atoms. The molecule has 1 heterocycles. The molecule has 0 aromatic carbocycles. The van der Waals surface area contributed by atoms with Crippen molar-refractivity contribution < 1.29 is 9.90 Å². The molecule has 0 amide bonds. The molecule has 108 valence electrons. The van der Waals surface area contributed by atoms with E-state index < -0.39 is 5.97 Å². The maximum Gasteiger partial charge on any atom is 0.354 e. The Labute approximate surface area is 118 Å². The van der Waals surface area contributed by atoms with Crippen molar-refractivity contribution in [2.24, 2.45) is 17.8 Å². The molecule has 20 heavy (non-hydrogen) atoms. The molecule has 2 aliphatic carbocycles. The molecule has 2 N–H and O–H groups in total. The van der Waals surface area contributed by atoms with Crippen LogP contribution in [0.4, 0.5) is 5.95 Å². The van der Waals surface area contributed by atoms with Crippen LogP contribution in [0.25, 0.3) is 0 Å². The van der Waals surface area contributed by atoms with Gasteiger partial charge in [0.2, 0.25) is 5.95 Å². The monoisotopic (exact) mass is 275 g/mol. The van der Waals surface area contributed by atoms with Crippen molar-refractivity contribution in [3.05, 3.63) is 17.5 Å². The normalized spacial score (nSPS) is 29.4. The van der Waals surface area contributed by atoms with Gasteiger partial charge in [-0.3, -0.25) is 0 Å². The van der Waals surface area contributed by atoms with Crippen LogP contribution in [-0.2, 0) is 0 Å². The summed E-state index contributed by atoms with van der Waals surface area (Å²) in [7, 11) is 0. The summed E-state index contributed by atoms with van der Waals surface area (Å²) in [5, 5.41) is 12.4. The average molecular weight is 275 g/mol. The van der Waals surface area contributed by atoms with Crippen molar-refractivity contribution >= 4 is 11.9 Å². The number of aromatic carboxylic acids is 1. The van der Waals surface area contributed by atoms with Gasteiger partial charge in [0.05, 0.1) is 0 Å². The van der Waals surface area contributed by atoms with E-state index in [4.69, 9.17) is 5.11 Å². The van der Waals surface area contributed by atoms with Gasteiger partial charge in [0, 0.05) is 11.7 Å². The van der Waals surface area contributed by atoms with Gasteiger partial charge >= 0.3 is 5.97 Å². The van der Waals surface area contributed by atoms with Crippen molar-refractivity contribution in [1.82, 2.24) is 9.97 Å². The van der Waals surface area contributed by atoms with Gasteiger partial charge in [0.25, 0.3) is 0 Å². The van der Waals surface area contributed by atoms with Crippen LogP contribution in [0, 0.1) is 24.7 Å². The summed E-state index contributed by atoms with van der Waals surface area (Å²) in [5.41, 5.74) is 0.736. The molecule has 4 atom stereocenters. The lowest BCUT2D eigenvalue weighted by atomic mass is 9.84. The molecule has 0 aliphatic heterocycles. The minimum atomic E-state index is -1.01. The molecule has 2 fully saturated rings. The molecule has 0 radical (unpaired) electrons. The summed E-state index contributed by atoms with van der Waals surface area (Å²) in [6.07, 6.45) is 5.39. The first-order chi connectivity index (χ1) is 9.52. The average Bonchev–Trinajstić information content (AvgIpc) is 3.00.